The van der Waals surface area contributed by atoms with E-state index in [0.717, 1.165) is 0 Å². The van der Waals surface area contributed by atoms with Crippen molar-refractivity contribution in [2.75, 3.05) is 0 Å². The molecule has 8 heteroatoms. The van der Waals surface area contributed by atoms with Crippen LogP contribution in [0, 0.1) is 0 Å². The Balaban J connectivity index is 2.12. The molecule has 2 heterocycles. The fraction of sp³-hybridized carbons (Fsp3) is 0.357. The molecule has 6 N–H and O–H groups in total. The molecule has 0 unspecified atom stereocenters. The first-order chi connectivity index (χ1) is 10.4. The standard InChI is InChI=1S/C14H15NO7/c16-10-9(12(18)19)22-13(20)11(17)14(10,21)8-5-6-3-1-2-4-7(6)15-8/h1-5,9-11,13,15-17,20-21H,(H,18,19)/t9-,10+,11-,13+,14-/m0/s1. The van der Waals surface area contributed by atoms with Crippen molar-refractivity contribution >= 4 is 16.9 Å². The van der Waals surface area contributed by atoms with E-state index in [9.17, 15) is 25.2 Å². The van der Waals surface area contributed by atoms with Crippen LogP contribution in [-0.4, -0.2) is 61.1 Å². The van der Waals surface area contributed by atoms with Crippen LogP contribution in [0.5, 0.6) is 0 Å². The first kappa shape index (κ1) is 14.9. The number of aliphatic hydroxyl groups excluding tert-OH is 3. The lowest BCUT2D eigenvalue weighted by Crippen LogP contribution is -2.66. The molecule has 1 aliphatic heterocycles. The number of fused-ring (bicyclic) bond motifs is 1. The monoisotopic (exact) mass is 309 g/mol. The highest BCUT2D eigenvalue weighted by Crippen LogP contribution is 2.38. The van der Waals surface area contributed by atoms with Gasteiger partial charge in [0, 0.05) is 5.52 Å². The molecule has 0 spiro atoms. The van der Waals surface area contributed by atoms with E-state index in [2.05, 4.69) is 9.72 Å². The Bertz CT molecular complexity index is 681. The third-order valence-corrected chi connectivity index (χ3v) is 3.95. The SMILES string of the molecule is O=C(O)[C@H]1O[C@@H](O)[C@H](O)[C@](O)(c2cc3ccccc3[nH]2)[C@@H]1O. The first-order valence-corrected chi connectivity index (χ1v) is 6.58. The number of benzene rings is 1. The van der Waals surface area contributed by atoms with Crippen molar-refractivity contribution in [2.24, 2.45) is 0 Å². The highest BCUT2D eigenvalue weighted by atomic mass is 16.6. The lowest BCUT2D eigenvalue weighted by atomic mass is 9.81. The van der Waals surface area contributed by atoms with E-state index in [1.165, 1.54) is 6.07 Å². The fourth-order valence-corrected chi connectivity index (χ4v) is 2.72. The Morgan fingerprint density at radius 3 is 2.50 bits per heavy atom. The fourth-order valence-electron chi connectivity index (χ4n) is 2.72. The molecule has 1 fully saturated rings. The Morgan fingerprint density at radius 2 is 1.86 bits per heavy atom. The summed E-state index contributed by atoms with van der Waals surface area (Å²) in [5, 5.41) is 50.4. The van der Waals surface area contributed by atoms with E-state index in [4.69, 9.17) is 5.11 Å². The minimum absolute atomic E-state index is 0.0118. The van der Waals surface area contributed by atoms with E-state index in [1.807, 2.05) is 0 Å². The second-order valence-electron chi connectivity index (χ2n) is 5.27. The van der Waals surface area contributed by atoms with Gasteiger partial charge >= 0.3 is 5.97 Å². The van der Waals surface area contributed by atoms with E-state index in [-0.39, 0.29) is 5.69 Å². The van der Waals surface area contributed by atoms with Crippen LogP contribution >= 0.6 is 0 Å². The summed E-state index contributed by atoms with van der Waals surface area (Å²) < 4.78 is 4.65. The number of aromatic amines is 1. The summed E-state index contributed by atoms with van der Waals surface area (Å²) in [6.45, 7) is 0. The van der Waals surface area contributed by atoms with Gasteiger partial charge in [0.15, 0.2) is 18.0 Å². The molecule has 118 valence electrons. The topological polar surface area (TPSA) is 143 Å². The van der Waals surface area contributed by atoms with Crippen LogP contribution in [0.3, 0.4) is 0 Å². The molecular formula is C14H15NO7. The second-order valence-corrected chi connectivity index (χ2v) is 5.27. The van der Waals surface area contributed by atoms with Crippen LogP contribution in [0.2, 0.25) is 0 Å². The summed E-state index contributed by atoms with van der Waals surface area (Å²) >= 11 is 0. The van der Waals surface area contributed by atoms with Crippen molar-refractivity contribution in [3.63, 3.8) is 0 Å². The smallest absolute Gasteiger partial charge is 0.335 e. The average Bonchev–Trinajstić information content (AvgIpc) is 2.93. The van der Waals surface area contributed by atoms with E-state index in [0.29, 0.717) is 10.9 Å². The molecule has 0 amide bonds. The maximum Gasteiger partial charge on any atom is 0.335 e. The summed E-state index contributed by atoms with van der Waals surface area (Å²) in [6, 6.07) is 8.43. The molecule has 1 aromatic heterocycles. The maximum absolute atomic E-state index is 11.1. The molecule has 2 aromatic rings. The Hall–Kier alpha value is -1.97. The number of H-pyrrole nitrogens is 1. The molecule has 0 saturated carbocycles. The predicted molar refractivity (Wildman–Crippen MR) is 72.7 cm³/mol. The summed E-state index contributed by atoms with van der Waals surface area (Å²) in [6.07, 6.45) is -7.74. The average molecular weight is 309 g/mol. The zero-order valence-corrected chi connectivity index (χ0v) is 11.2. The number of aromatic nitrogens is 1. The number of carboxylic acids is 1. The third-order valence-electron chi connectivity index (χ3n) is 3.95. The number of hydrogen-bond acceptors (Lipinski definition) is 6. The number of aliphatic hydroxyl groups is 4. The molecule has 3 rings (SSSR count). The molecule has 1 aromatic carbocycles. The van der Waals surface area contributed by atoms with E-state index in [1.54, 1.807) is 24.3 Å². The number of ether oxygens (including phenoxy) is 1. The molecule has 22 heavy (non-hydrogen) atoms. The zero-order valence-electron chi connectivity index (χ0n) is 11.2. The van der Waals surface area contributed by atoms with Crippen molar-refractivity contribution in [1.29, 1.82) is 0 Å². The lowest BCUT2D eigenvalue weighted by molar-refractivity contribution is -0.319. The molecule has 5 atom stereocenters. The van der Waals surface area contributed by atoms with Gasteiger partial charge in [0.1, 0.15) is 12.2 Å². The molecular weight excluding hydrogens is 294 g/mol. The molecule has 1 aliphatic rings. The summed E-state index contributed by atoms with van der Waals surface area (Å²) in [7, 11) is 0. The minimum Gasteiger partial charge on any atom is -0.479 e. The van der Waals surface area contributed by atoms with Crippen molar-refractivity contribution in [2.45, 2.75) is 30.2 Å². The van der Waals surface area contributed by atoms with Crippen molar-refractivity contribution in [1.82, 2.24) is 4.98 Å². The van der Waals surface area contributed by atoms with Crippen molar-refractivity contribution in [3.05, 3.63) is 36.0 Å². The Kier molecular flexibility index (Phi) is 3.42. The molecule has 8 nitrogen and oxygen atoms in total. The van der Waals surface area contributed by atoms with Crippen molar-refractivity contribution < 1.29 is 35.1 Å². The van der Waals surface area contributed by atoms with E-state index < -0.39 is 36.2 Å². The Morgan fingerprint density at radius 1 is 1.18 bits per heavy atom. The Labute approximate surface area is 124 Å². The second kappa shape index (κ2) is 5.04. The molecule has 0 radical (unpaired) electrons. The number of para-hydroxylation sites is 1. The van der Waals surface area contributed by atoms with Crippen molar-refractivity contribution in [3.8, 4) is 0 Å². The van der Waals surface area contributed by atoms with E-state index >= 15 is 0 Å². The number of nitrogens with one attached hydrogen (secondary N) is 1. The largest absolute Gasteiger partial charge is 0.479 e. The number of carbonyl (C=O) groups is 1. The first-order valence-electron chi connectivity index (χ1n) is 6.58. The van der Waals surface area contributed by atoms with Gasteiger partial charge in [-0.15, -0.1) is 0 Å². The number of hydrogen-bond donors (Lipinski definition) is 6. The highest BCUT2D eigenvalue weighted by Gasteiger charge is 2.58. The van der Waals surface area contributed by atoms with Gasteiger partial charge in [0.05, 0.1) is 5.69 Å². The number of carboxylic acid groups (broad SMARTS) is 1. The van der Waals surface area contributed by atoms with Gasteiger partial charge in [-0.05, 0) is 17.5 Å². The quantitative estimate of drug-likeness (QED) is 0.412. The third kappa shape index (κ3) is 2.01. The van der Waals surface area contributed by atoms with Gasteiger partial charge < -0.3 is 35.3 Å². The highest BCUT2D eigenvalue weighted by molar-refractivity contribution is 5.81. The summed E-state index contributed by atoms with van der Waals surface area (Å²) in [5.74, 6) is -1.56. The molecule has 1 saturated heterocycles. The van der Waals surface area contributed by atoms with Crippen LogP contribution in [0.4, 0.5) is 0 Å². The number of aliphatic carboxylic acids is 1. The van der Waals surface area contributed by atoms with Crippen LogP contribution in [0.1, 0.15) is 5.69 Å². The lowest BCUT2D eigenvalue weighted by Gasteiger charge is -2.44. The molecule has 0 bridgehead atoms. The van der Waals surface area contributed by atoms with Gasteiger partial charge in [-0.3, -0.25) is 0 Å². The van der Waals surface area contributed by atoms with Gasteiger partial charge in [0.2, 0.25) is 0 Å². The van der Waals surface area contributed by atoms with Gasteiger partial charge in [0.25, 0.3) is 0 Å². The normalized spacial score (nSPS) is 35.6. The summed E-state index contributed by atoms with van der Waals surface area (Å²) in [4.78, 5) is 13.9. The van der Waals surface area contributed by atoms with Gasteiger partial charge in [-0.25, -0.2) is 4.79 Å². The number of rotatable bonds is 2. The molecule has 0 aliphatic carbocycles. The van der Waals surface area contributed by atoms with Crippen LogP contribution in [0.25, 0.3) is 10.9 Å². The van der Waals surface area contributed by atoms with Gasteiger partial charge in [-0.2, -0.15) is 0 Å². The van der Waals surface area contributed by atoms with Gasteiger partial charge in [-0.1, -0.05) is 18.2 Å². The van der Waals surface area contributed by atoms with Crippen LogP contribution in [0.15, 0.2) is 30.3 Å². The van der Waals surface area contributed by atoms with Crippen LogP contribution < -0.4 is 0 Å². The van der Waals surface area contributed by atoms with Crippen LogP contribution in [-0.2, 0) is 15.1 Å². The maximum atomic E-state index is 11.1. The minimum atomic E-state index is -2.42. The predicted octanol–water partition coefficient (Wildman–Crippen LogP) is -1.12. The summed E-state index contributed by atoms with van der Waals surface area (Å²) in [5.41, 5.74) is -1.81. The zero-order chi connectivity index (χ0) is 16.1.